The second-order valence-electron chi connectivity index (χ2n) is 4.38. The smallest absolute Gasteiger partial charge is 1.00 e. The number of rotatable bonds is 3. The maximum absolute atomic E-state index is 6.13. The van der Waals surface area contributed by atoms with Crippen LogP contribution in [0.25, 0.3) is 6.08 Å². The SMILES string of the molecule is Clc1cc(Cl)c([O][Ti+2][CH]2C=Cc3ccccc32)c(Cl)c1.[Cl-].[Cl-]. The Hall–Kier alpha value is 0.144. The zero-order chi connectivity index (χ0) is 14.1. The molecule has 2 aromatic carbocycles. The van der Waals surface area contributed by atoms with Gasteiger partial charge in [-0.2, -0.15) is 0 Å². The summed E-state index contributed by atoms with van der Waals surface area (Å²) in [5, 5.41) is 1.43. The molecule has 0 amide bonds. The fourth-order valence-corrected chi connectivity index (χ4v) is 4.80. The van der Waals surface area contributed by atoms with E-state index in [0.717, 1.165) is 0 Å². The molecule has 0 N–H and O–H groups in total. The Labute approximate surface area is 166 Å². The van der Waals surface area contributed by atoms with Crippen LogP contribution in [0.15, 0.2) is 42.5 Å². The second-order valence-corrected chi connectivity index (χ2v) is 7.29. The van der Waals surface area contributed by atoms with E-state index in [1.54, 1.807) is 12.1 Å². The minimum Gasteiger partial charge on any atom is -1.00 e. The number of fused-ring (bicyclic) bond motifs is 1. The van der Waals surface area contributed by atoms with E-state index in [1.807, 2.05) is 12.1 Å². The molecule has 7 heteroatoms. The van der Waals surface area contributed by atoms with Crippen molar-refractivity contribution >= 4 is 40.9 Å². The van der Waals surface area contributed by atoms with Gasteiger partial charge in [0, 0.05) is 0 Å². The van der Waals surface area contributed by atoms with Crippen molar-refractivity contribution in [1.82, 2.24) is 0 Å². The maximum Gasteiger partial charge on any atom is -1.00 e. The van der Waals surface area contributed by atoms with E-state index in [0.29, 0.717) is 25.0 Å². The molecule has 1 aliphatic rings. The van der Waals surface area contributed by atoms with Gasteiger partial charge in [0.25, 0.3) is 0 Å². The summed E-state index contributed by atoms with van der Waals surface area (Å²) >= 11 is 17.4. The van der Waals surface area contributed by atoms with Gasteiger partial charge in [0.2, 0.25) is 0 Å². The van der Waals surface area contributed by atoms with Crippen LogP contribution >= 0.6 is 34.8 Å². The number of hydrogen-bond acceptors (Lipinski definition) is 1. The summed E-state index contributed by atoms with van der Waals surface area (Å²) in [5.41, 5.74) is 2.58. The van der Waals surface area contributed by atoms with Gasteiger partial charge in [-0.3, -0.25) is 0 Å². The Balaban J connectivity index is 0.00000121. The fraction of sp³-hybridized carbons (Fsp3) is 0.0667. The maximum atomic E-state index is 6.13. The summed E-state index contributed by atoms with van der Waals surface area (Å²) in [4.78, 5) is 0. The van der Waals surface area contributed by atoms with E-state index >= 15 is 0 Å². The molecule has 0 saturated heterocycles. The molecular weight excluding hydrogens is 421 g/mol. The number of halogens is 5. The topological polar surface area (TPSA) is 9.23 Å². The molecule has 2 aromatic rings. The predicted octanol–water partition coefficient (Wildman–Crippen LogP) is -0.201. The van der Waals surface area contributed by atoms with Gasteiger partial charge in [-0.05, 0) is 0 Å². The third-order valence-electron chi connectivity index (χ3n) is 3.05. The third-order valence-corrected chi connectivity index (χ3v) is 5.52. The first-order valence-electron chi connectivity index (χ1n) is 5.99. The van der Waals surface area contributed by atoms with Gasteiger partial charge < -0.3 is 24.8 Å². The molecule has 0 bridgehead atoms. The molecule has 22 heavy (non-hydrogen) atoms. The minimum absolute atomic E-state index is 0. The standard InChI is InChI=1S/C9H7.C6H3Cl3O.2ClH.Ti/c1-2-5-9-7-3-6-8(9)4-1;7-3-1-4(8)6(10)5(9)2-3;;;/h1-7H;1-2,10H;2*1H;/q;;;;+3/p-3. The van der Waals surface area contributed by atoms with Crippen molar-refractivity contribution in [2.75, 3.05) is 0 Å². The van der Waals surface area contributed by atoms with Crippen LogP contribution in [-0.2, 0) is 19.5 Å². The average Bonchev–Trinajstić information content (AvgIpc) is 2.81. The van der Waals surface area contributed by atoms with Gasteiger partial charge in [-0.25, -0.2) is 0 Å². The van der Waals surface area contributed by atoms with Crippen LogP contribution in [0.5, 0.6) is 5.75 Å². The molecule has 0 aliphatic heterocycles. The summed E-state index contributed by atoms with van der Waals surface area (Å²) in [7, 11) is 0. The van der Waals surface area contributed by atoms with Gasteiger partial charge in [0.05, 0.1) is 0 Å². The van der Waals surface area contributed by atoms with Crippen molar-refractivity contribution in [3.05, 3.63) is 68.7 Å². The molecule has 1 atom stereocenters. The summed E-state index contributed by atoms with van der Waals surface area (Å²) in [6.07, 6.45) is 4.32. The molecule has 0 fully saturated rings. The first-order valence-corrected chi connectivity index (χ1v) is 8.66. The summed E-state index contributed by atoms with van der Waals surface area (Å²) in [6.45, 7) is 0. The van der Waals surface area contributed by atoms with Crippen molar-refractivity contribution in [2.45, 2.75) is 4.22 Å². The van der Waals surface area contributed by atoms with Crippen molar-refractivity contribution in [1.29, 1.82) is 0 Å². The minimum atomic E-state index is -0.736. The molecule has 0 saturated carbocycles. The Morgan fingerprint density at radius 2 is 1.59 bits per heavy atom. The number of allylic oxidation sites excluding steroid dienone is 1. The number of hydrogen-bond donors (Lipinski definition) is 0. The summed E-state index contributed by atoms with van der Waals surface area (Å²) in [6, 6.07) is 11.6. The van der Waals surface area contributed by atoms with Crippen LogP contribution in [0, 0.1) is 0 Å². The van der Waals surface area contributed by atoms with E-state index < -0.39 is 19.5 Å². The first kappa shape index (κ1) is 20.2. The predicted molar refractivity (Wildman–Crippen MR) is 80.3 cm³/mol. The summed E-state index contributed by atoms with van der Waals surface area (Å²) in [5.74, 6) is 0.538. The van der Waals surface area contributed by atoms with Gasteiger partial charge in [-0.1, -0.05) is 0 Å². The van der Waals surface area contributed by atoms with E-state index in [2.05, 4.69) is 24.3 Å². The van der Waals surface area contributed by atoms with Gasteiger partial charge in [0.1, 0.15) is 0 Å². The van der Waals surface area contributed by atoms with E-state index in [9.17, 15) is 0 Å². The monoisotopic (exact) mass is 428 g/mol. The Kier molecular flexibility index (Phi) is 8.12. The van der Waals surface area contributed by atoms with Crippen LogP contribution in [0.1, 0.15) is 15.3 Å². The third kappa shape index (κ3) is 4.36. The fourth-order valence-electron chi connectivity index (χ4n) is 2.10. The molecule has 3 rings (SSSR count). The molecule has 0 spiro atoms. The van der Waals surface area contributed by atoms with Crippen LogP contribution in [0.3, 0.4) is 0 Å². The average molecular weight is 430 g/mol. The van der Waals surface area contributed by atoms with E-state index in [1.165, 1.54) is 11.1 Å². The zero-order valence-corrected chi connectivity index (χ0v) is 16.3. The zero-order valence-electron chi connectivity index (χ0n) is 11.0. The van der Waals surface area contributed by atoms with Crippen molar-refractivity contribution < 1.29 is 47.7 Å². The normalized spacial score (nSPS) is 14.4. The molecule has 0 radical (unpaired) electrons. The quantitative estimate of drug-likeness (QED) is 0.614. The van der Waals surface area contributed by atoms with Gasteiger partial charge >= 0.3 is 142 Å². The van der Waals surface area contributed by atoms with Crippen LogP contribution in [-0.4, -0.2) is 0 Å². The molecule has 0 heterocycles. The Morgan fingerprint density at radius 1 is 0.955 bits per heavy atom. The molecular formula is C15H9Cl5OTi. The molecule has 1 nitrogen and oxygen atoms in total. The first-order chi connectivity index (χ1) is 9.65. The molecule has 1 unspecified atom stereocenters. The van der Waals surface area contributed by atoms with Crippen LogP contribution < -0.4 is 28.1 Å². The van der Waals surface area contributed by atoms with Crippen LogP contribution in [0.4, 0.5) is 0 Å². The second kappa shape index (κ2) is 8.85. The van der Waals surface area contributed by atoms with E-state index in [4.69, 9.17) is 38.1 Å². The van der Waals surface area contributed by atoms with Crippen molar-refractivity contribution in [3.8, 4) is 5.75 Å². The van der Waals surface area contributed by atoms with E-state index in [-0.39, 0.29) is 24.8 Å². The van der Waals surface area contributed by atoms with Gasteiger partial charge in [0.15, 0.2) is 0 Å². The summed E-state index contributed by atoms with van der Waals surface area (Å²) < 4.78 is 6.26. The Bertz CT molecular complexity index is 666. The molecule has 1 aliphatic carbocycles. The molecule has 0 aromatic heterocycles. The largest absolute Gasteiger partial charge is 1.00 e. The molecule has 114 valence electrons. The Morgan fingerprint density at radius 3 is 2.27 bits per heavy atom. The number of benzene rings is 2. The van der Waals surface area contributed by atoms with Crippen LogP contribution in [0.2, 0.25) is 15.1 Å². The van der Waals surface area contributed by atoms with Gasteiger partial charge in [-0.15, -0.1) is 0 Å². The van der Waals surface area contributed by atoms with Crippen molar-refractivity contribution in [3.63, 3.8) is 0 Å². The van der Waals surface area contributed by atoms with Crippen molar-refractivity contribution in [2.24, 2.45) is 0 Å².